The predicted octanol–water partition coefficient (Wildman–Crippen LogP) is 3.44. The number of fused-ring (bicyclic) bond motifs is 1. The molecule has 2 aromatic rings. The maximum atomic E-state index is 6.50. The highest BCUT2D eigenvalue weighted by Gasteiger charge is 2.24. The van der Waals surface area contributed by atoms with Crippen molar-refractivity contribution in [1.82, 2.24) is 10.2 Å². The number of halogens is 1. The second-order valence-electron chi connectivity index (χ2n) is 6.86. The Kier molecular flexibility index (Phi) is 5.75. The number of nitrogens with zero attached hydrogens (tertiary/aromatic N) is 1. The lowest BCUT2D eigenvalue weighted by Gasteiger charge is -2.35. The van der Waals surface area contributed by atoms with Gasteiger partial charge in [0.25, 0.3) is 0 Å². The van der Waals surface area contributed by atoms with Crippen LogP contribution in [0.25, 0.3) is 0 Å². The lowest BCUT2D eigenvalue weighted by atomic mass is 10.0. The zero-order chi connectivity index (χ0) is 17.8. The number of hydrogen-bond donors (Lipinski definition) is 1. The highest BCUT2D eigenvalue weighted by Crippen LogP contribution is 2.28. The molecule has 26 heavy (non-hydrogen) atoms. The molecule has 0 saturated carbocycles. The number of ether oxygens (including phenoxy) is 2. The van der Waals surface area contributed by atoms with Crippen LogP contribution in [0.15, 0.2) is 42.5 Å². The molecule has 2 aliphatic rings. The summed E-state index contributed by atoms with van der Waals surface area (Å²) in [5, 5.41) is 4.47. The van der Waals surface area contributed by atoms with Crippen LogP contribution in [0.2, 0.25) is 5.02 Å². The van der Waals surface area contributed by atoms with Crippen LogP contribution < -0.4 is 10.1 Å². The summed E-state index contributed by atoms with van der Waals surface area (Å²) in [5.41, 5.74) is 3.81. The Morgan fingerprint density at radius 1 is 1.08 bits per heavy atom. The number of hydrogen-bond acceptors (Lipinski definition) is 4. The number of nitrogens with one attached hydrogen (secondary N) is 1. The Morgan fingerprint density at radius 3 is 2.77 bits per heavy atom. The van der Waals surface area contributed by atoms with E-state index >= 15 is 0 Å². The molecule has 2 aliphatic heterocycles. The maximum absolute atomic E-state index is 6.50. The molecule has 1 atom stereocenters. The van der Waals surface area contributed by atoms with Crippen LogP contribution in [0.5, 0.6) is 5.75 Å². The van der Waals surface area contributed by atoms with Crippen molar-refractivity contribution < 1.29 is 9.47 Å². The van der Waals surface area contributed by atoms with Crippen molar-refractivity contribution in [1.29, 1.82) is 0 Å². The lowest BCUT2D eigenvalue weighted by Crippen LogP contribution is -2.42. The first kappa shape index (κ1) is 17.8. The van der Waals surface area contributed by atoms with Gasteiger partial charge in [0.05, 0.1) is 19.8 Å². The summed E-state index contributed by atoms with van der Waals surface area (Å²) < 4.78 is 11.1. The molecule has 1 unspecified atom stereocenters. The summed E-state index contributed by atoms with van der Waals surface area (Å²) in [6.45, 7) is 5.95. The van der Waals surface area contributed by atoms with E-state index in [1.54, 1.807) is 0 Å². The molecule has 2 aromatic carbocycles. The molecule has 0 spiro atoms. The third-order valence-corrected chi connectivity index (χ3v) is 5.52. The third kappa shape index (κ3) is 4.04. The summed E-state index contributed by atoms with van der Waals surface area (Å²) >= 11 is 6.50. The number of morpholine rings is 1. The average Bonchev–Trinajstić information content (AvgIpc) is 3.15. The van der Waals surface area contributed by atoms with Crippen LogP contribution >= 0.6 is 11.6 Å². The van der Waals surface area contributed by atoms with E-state index < -0.39 is 0 Å². The fourth-order valence-electron chi connectivity index (χ4n) is 3.77. The highest BCUT2D eigenvalue weighted by atomic mass is 35.5. The van der Waals surface area contributed by atoms with Crippen LogP contribution in [0.4, 0.5) is 0 Å². The second kappa shape index (κ2) is 8.40. The van der Waals surface area contributed by atoms with E-state index in [0.717, 1.165) is 63.2 Å². The van der Waals surface area contributed by atoms with E-state index in [4.69, 9.17) is 21.1 Å². The van der Waals surface area contributed by atoms with Crippen molar-refractivity contribution in [2.45, 2.75) is 19.0 Å². The van der Waals surface area contributed by atoms with Crippen LogP contribution in [0.1, 0.15) is 22.7 Å². The summed E-state index contributed by atoms with van der Waals surface area (Å²) in [7, 11) is 0. The molecule has 0 bridgehead atoms. The molecule has 0 radical (unpaired) electrons. The second-order valence-corrected chi connectivity index (χ2v) is 7.26. The Hall–Kier alpha value is -1.59. The third-order valence-electron chi connectivity index (χ3n) is 5.17. The van der Waals surface area contributed by atoms with Crippen molar-refractivity contribution in [3.05, 3.63) is 64.2 Å². The number of benzene rings is 2. The van der Waals surface area contributed by atoms with Gasteiger partial charge in [-0.1, -0.05) is 41.9 Å². The number of rotatable bonds is 6. The van der Waals surface area contributed by atoms with Gasteiger partial charge in [0.1, 0.15) is 5.75 Å². The van der Waals surface area contributed by atoms with Crippen molar-refractivity contribution in [3.8, 4) is 5.75 Å². The van der Waals surface area contributed by atoms with Crippen molar-refractivity contribution in [3.63, 3.8) is 0 Å². The minimum Gasteiger partial charge on any atom is -0.493 e. The van der Waals surface area contributed by atoms with Gasteiger partial charge in [-0.15, -0.1) is 0 Å². The Bertz CT molecular complexity index is 747. The van der Waals surface area contributed by atoms with Crippen LogP contribution in [0.3, 0.4) is 0 Å². The van der Waals surface area contributed by atoms with Crippen LogP contribution in [-0.2, 0) is 17.7 Å². The average molecular weight is 373 g/mol. The van der Waals surface area contributed by atoms with Crippen LogP contribution in [-0.4, -0.2) is 44.4 Å². The lowest BCUT2D eigenvalue weighted by molar-refractivity contribution is 0.0161. The van der Waals surface area contributed by atoms with Crippen LogP contribution in [0, 0.1) is 0 Å². The van der Waals surface area contributed by atoms with Gasteiger partial charge >= 0.3 is 0 Å². The predicted molar refractivity (Wildman–Crippen MR) is 104 cm³/mol. The highest BCUT2D eigenvalue weighted by molar-refractivity contribution is 6.31. The molecule has 5 heteroatoms. The van der Waals surface area contributed by atoms with Gasteiger partial charge in [-0.25, -0.2) is 0 Å². The first-order valence-corrected chi connectivity index (χ1v) is 9.70. The fraction of sp³-hybridized carbons (Fsp3) is 0.429. The topological polar surface area (TPSA) is 33.7 Å². The molecule has 1 saturated heterocycles. The van der Waals surface area contributed by atoms with Gasteiger partial charge in [-0.3, -0.25) is 4.90 Å². The summed E-state index contributed by atoms with van der Waals surface area (Å²) in [6, 6.07) is 14.9. The molecule has 138 valence electrons. The van der Waals surface area contributed by atoms with Gasteiger partial charge in [0.15, 0.2) is 0 Å². The molecular weight excluding hydrogens is 348 g/mol. The van der Waals surface area contributed by atoms with Gasteiger partial charge in [-0.05, 0) is 28.8 Å². The van der Waals surface area contributed by atoms with Gasteiger partial charge < -0.3 is 14.8 Å². The minimum atomic E-state index is 0.255. The van der Waals surface area contributed by atoms with Gasteiger partial charge in [0, 0.05) is 43.7 Å². The molecule has 0 aliphatic carbocycles. The maximum Gasteiger partial charge on any atom is 0.122 e. The largest absolute Gasteiger partial charge is 0.493 e. The summed E-state index contributed by atoms with van der Waals surface area (Å²) in [5.74, 6) is 1.04. The zero-order valence-electron chi connectivity index (χ0n) is 14.9. The summed E-state index contributed by atoms with van der Waals surface area (Å²) in [4.78, 5) is 2.47. The van der Waals surface area contributed by atoms with Crippen molar-refractivity contribution >= 4 is 11.6 Å². The Labute approximate surface area is 160 Å². The zero-order valence-corrected chi connectivity index (χ0v) is 15.7. The molecule has 1 N–H and O–H groups in total. The fourth-order valence-corrected chi connectivity index (χ4v) is 4.04. The molecular formula is C21H25ClN2O2. The minimum absolute atomic E-state index is 0.255. The van der Waals surface area contributed by atoms with Crippen molar-refractivity contribution in [2.75, 3.05) is 39.5 Å². The molecule has 0 amide bonds. The van der Waals surface area contributed by atoms with E-state index in [1.165, 1.54) is 16.7 Å². The molecule has 4 nitrogen and oxygen atoms in total. The Balaban J connectivity index is 1.44. The SMILES string of the molecule is Clc1ccccc1C(CNCc1ccc2c(c1)CCO2)N1CCOCC1. The first-order chi connectivity index (χ1) is 12.8. The van der Waals surface area contributed by atoms with Gasteiger partial charge in [-0.2, -0.15) is 0 Å². The van der Waals surface area contributed by atoms with E-state index in [2.05, 4.69) is 40.5 Å². The smallest absolute Gasteiger partial charge is 0.122 e. The quantitative estimate of drug-likeness (QED) is 0.842. The Morgan fingerprint density at radius 2 is 1.92 bits per heavy atom. The molecule has 1 fully saturated rings. The molecule has 0 aromatic heterocycles. The monoisotopic (exact) mass is 372 g/mol. The van der Waals surface area contributed by atoms with E-state index in [0.29, 0.717) is 0 Å². The molecule has 2 heterocycles. The van der Waals surface area contributed by atoms with Gasteiger partial charge in [0.2, 0.25) is 0 Å². The van der Waals surface area contributed by atoms with Crippen molar-refractivity contribution in [2.24, 2.45) is 0 Å². The normalized spacial score (nSPS) is 18.3. The van der Waals surface area contributed by atoms with E-state index in [-0.39, 0.29) is 6.04 Å². The standard InChI is InChI=1S/C21H25ClN2O2/c22-19-4-2-1-3-18(19)20(24-8-11-25-12-9-24)15-23-14-16-5-6-21-17(13-16)7-10-26-21/h1-6,13,20,23H,7-12,14-15H2. The van der Waals surface area contributed by atoms with E-state index in [9.17, 15) is 0 Å². The first-order valence-electron chi connectivity index (χ1n) is 9.33. The summed E-state index contributed by atoms with van der Waals surface area (Å²) in [6.07, 6.45) is 1.01. The molecule has 4 rings (SSSR count). The van der Waals surface area contributed by atoms with E-state index in [1.807, 2.05) is 12.1 Å².